The highest BCUT2D eigenvalue weighted by Crippen LogP contribution is 2.19. The van der Waals surface area contributed by atoms with Gasteiger partial charge in [0.2, 0.25) is 10.0 Å². The molecule has 0 heterocycles. The van der Waals surface area contributed by atoms with Crippen molar-refractivity contribution in [3.8, 4) is 0 Å². The molecule has 0 aliphatic rings. The number of rotatable bonds is 9. The van der Waals surface area contributed by atoms with Gasteiger partial charge in [0.15, 0.2) is 0 Å². The quantitative estimate of drug-likeness (QED) is 0.727. The molecule has 0 aromatic heterocycles. The van der Waals surface area contributed by atoms with Crippen molar-refractivity contribution in [1.82, 2.24) is 10.0 Å². The van der Waals surface area contributed by atoms with E-state index >= 15 is 0 Å². The maximum Gasteiger partial charge on any atom is 0.240 e. The van der Waals surface area contributed by atoms with Crippen molar-refractivity contribution in [2.45, 2.75) is 32.2 Å². The lowest BCUT2D eigenvalue weighted by atomic mass is 10.1. The molecule has 21 heavy (non-hydrogen) atoms. The molecule has 2 N–H and O–H groups in total. The SMILES string of the molecule is CCNCc1cccc(S(=O)(=O)NCC(C)COC)c1C. The number of ether oxygens (including phenoxy) is 1. The van der Waals surface area contributed by atoms with Crippen LogP contribution in [0.4, 0.5) is 0 Å². The van der Waals surface area contributed by atoms with Gasteiger partial charge in [0.1, 0.15) is 0 Å². The fourth-order valence-corrected chi connectivity index (χ4v) is 3.53. The third-order valence-corrected chi connectivity index (χ3v) is 4.89. The van der Waals surface area contributed by atoms with E-state index in [0.717, 1.165) is 17.7 Å². The van der Waals surface area contributed by atoms with Crippen LogP contribution in [0.15, 0.2) is 23.1 Å². The number of hydrogen-bond acceptors (Lipinski definition) is 4. The summed E-state index contributed by atoms with van der Waals surface area (Å²) in [6, 6.07) is 5.38. The highest BCUT2D eigenvalue weighted by molar-refractivity contribution is 7.89. The van der Waals surface area contributed by atoms with Crippen molar-refractivity contribution in [3.05, 3.63) is 29.3 Å². The molecule has 0 spiro atoms. The van der Waals surface area contributed by atoms with Crippen molar-refractivity contribution in [1.29, 1.82) is 0 Å². The molecule has 6 heteroatoms. The lowest BCUT2D eigenvalue weighted by Gasteiger charge is -2.15. The van der Waals surface area contributed by atoms with Crippen LogP contribution in [-0.2, 0) is 21.3 Å². The highest BCUT2D eigenvalue weighted by Gasteiger charge is 2.18. The number of hydrogen-bond donors (Lipinski definition) is 2. The monoisotopic (exact) mass is 314 g/mol. The molecular formula is C15H26N2O3S. The largest absolute Gasteiger partial charge is 0.384 e. The summed E-state index contributed by atoms with van der Waals surface area (Å²) >= 11 is 0. The zero-order chi connectivity index (χ0) is 15.9. The smallest absolute Gasteiger partial charge is 0.240 e. The van der Waals surface area contributed by atoms with E-state index in [-0.39, 0.29) is 5.92 Å². The topological polar surface area (TPSA) is 67.4 Å². The van der Waals surface area contributed by atoms with Crippen molar-refractivity contribution in [2.24, 2.45) is 5.92 Å². The summed E-state index contributed by atoms with van der Waals surface area (Å²) in [7, 11) is -1.87. The molecule has 0 aliphatic carbocycles. The standard InChI is InChI=1S/C15H26N2O3S/c1-5-16-10-14-7-6-8-15(13(14)3)21(18,19)17-9-12(2)11-20-4/h6-8,12,16-17H,5,9-11H2,1-4H3. The van der Waals surface area contributed by atoms with Gasteiger partial charge in [-0.05, 0) is 36.6 Å². The number of nitrogens with one attached hydrogen (secondary N) is 2. The average Bonchev–Trinajstić information content (AvgIpc) is 2.44. The minimum atomic E-state index is -3.49. The fraction of sp³-hybridized carbons (Fsp3) is 0.600. The Bertz CT molecular complexity index is 544. The van der Waals surface area contributed by atoms with Gasteiger partial charge in [-0.2, -0.15) is 0 Å². The Labute approximate surface area is 128 Å². The van der Waals surface area contributed by atoms with Crippen LogP contribution in [0.3, 0.4) is 0 Å². The third kappa shape index (κ3) is 5.39. The summed E-state index contributed by atoms with van der Waals surface area (Å²) in [6.45, 7) is 8.24. The second-order valence-corrected chi connectivity index (χ2v) is 6.97. The van der Waals surface area contributed by atoms with E-state index in [0.29, 0.717) is 24.6 Å². The molecule has 0 radical (unpaired) electrons. The van der Waals surface area contributed by atoms with Crippen molar-refractivity contribution in [2.75, 3.05) is 26.8 Å². The predicted octanol–water partition coefficient (Wildman–Crippen LogP) is 1.67. The lowest BCUT2D eigenvalue weighted by Crippen LogP contribution is -2.30. The molecule has 1 unspecified atom stereocenters. The lowest BCUT2D eigenvalue weighted by molar-refractivity contribution is 0.161. The molecule has 1 atom stereocenters. The first-order valence-corrected chi connectivity index (χ1v) is 8.68. The fourth-order valence-electron chi connectivity index (χ4n) is 2.08. The second kappa shape index (κ2) is 8.48. The van der Waals surface area contributed by atoms with Gasteiger partial charge in [0.25, 0.3) is 0 Å². The van der Waals surface area contributed by atoms with Crippen molar-refractivity contribution in [3.63, 3.8) is 0 Å². The van der Waals surface area contributed by atoms with Crippen LogP contribution >= 0.6 is 0 Å². The molecule has 0 saturated carbocycles. The third-order valence-electron chi connectivity index (χ3n) is 3.32. The number of sulfonamides is 1. The summed E-state index contributed by atoms with van der Waals surface area (Å²) < 4.78 is 32.5. The van der Waals surface area contributed by atoms with Crippen molar-refractivity contribution >= 4 is 10.0 Å². The van der Waals surface area contributed by atoms with Crippen LogP contribution in [0.2, 0.25) is 0 Å². The summed E-state index contributed by atoms with van der Waals surface area (Å²) in [4.78, 5) is 0.350. The molecule has 120 valence electrons. The van der Waals surface area contributed by atoms with Gasteiger partial charge in [0, 0.05) is 26.8 Å². The zero-order valence-corrected chi connectivity index (χ0v) is 14.1. The summed E-state index contributed by atoms with van der Waals surface area (Å²) in [5.74, 6) is 0.134. The van der Waals surface area contributed by atoms with E-state index in [2.05, 4.69) is 10.0 Å². The highest BCUT2D eigenvalue weighted by atomic mass is 32.2. The Morgan fingerprint density at radius 3 is 2.67 bits per heavy atom. The summed E-state index contributed by atoms with van der Waals surface area (Å²) in [6.07, 6.45) is 0. The Balaban J connectivity index is 2.87. The first-order valence-electron chi connectivity index (χ1n) is 7.20. The Hall–Kier alpha value is -0.950. The van der Waals surface area contributed by atoms with Crippen LogP contribution in [0, 0.1) is 12.8 Å². The second-order valence-electron chi connectivity index (χ2n) is 5.23. The average molecular weight is 314 g/mol. The predicted molar refractivity (Wildman–Crippen MR) is 84.8 cm³/mol. The van der Waals surface area contributed by atoms with E-state index in [1.165, 1.54) is 0 Å². The van der Waals surface area contributed by atoms with E-state index in [1.54, 1.807) is 19.2 Å². The normalized spacial score (nSPS) is 13.3. The maximum absolute atomic E-state index is 12.4. The number of benzene rings is 1. The van der Waals surface area contributed by atoms with Crippen LogP contribution in [0.1, 0.15) is 25.0 Å². The van der Waals surface area contributed by atoms with Gasteiger partial charge in [-0.3, -0.25) is 0 Å². The summed E-state index contributed by atoms with van der Waals surface area (Å²) in [5, 5.41) is 3.22. The first kappa shape index (κ1) is 18.1. The van der Waals surface area contributed by atoms with E-state index in [4.69, 9.17) is 4.74 Å². The molecule has 1 rings (SSSR count). The van der Waals surface area contributed by atoms with Gasteiger partial charge < -0.3 is 10.1 Å². The van der Waals surface area contributed by atoms with Gasteiger partial charge >= 0.3 is 0 Å². The van der Waals surface area contributed by atoms with Crippen LogP contribution in [0.25, 0.3) is 0 Å². The molecule has 1 aromatic carbocycles. The molecule has 0 fully saturated rings. The van der Waals surface area contributed by atoms with E-state index < -0.39 is 10.0 Å². The number of methoxy groups -OCH3 is 1. The molecule has 5 nitrogen and oxygen atoms in total. The molecule has 0 amide bonds. The van der Waals surface area contributed by atoms with Crippen LogP contribution in [0.5, 0.6) is 0 Å². The Kier molecular flexibility index (Phi) is 7.31. The molecule has 0 aliphatic heterocycles. The molecule has 0 bridgehead atoms. The van der Waals surface area contributed by atoms with Crippen LogP contribution in [-0.4, -0.2) is 35.2 Å². The van der Waals surface area contributed by atoms with Gasteiger partial charge in [-0.25, -0.2) is 13.1 Å². The minimum absolute atomic E-state index is 0.134. The van der Waals surface area contributed by atoms with E-state index in [1.807, 2.05) is 26.8 Å². The van der Waals surface area contributed by atoms with E-state index in [9.17, 15) is 8.42 Å². The Morgan fingerprint density at radius 2 is 2.05 bits per heavy atom. The van der Waals surface area contributed by atoms with Gasteiger partial charge in [-0.1, -0.05) is 26.0 Å². The molecule has 0 saturated heterocycles. The first-order chi connectivity index (χ1) is 9.92. The molecule has 1 aromatic rings. The Morgan fingerprint density at radius 1 is 1.33 bits per heavy atom. The van der Waals surface area contributed by atoms with Crippen LogP contribution < -0.4 is 10.0 Å². The minimum Gasteiger partial charge on any atom is -0.384 e. The zero-order valence-electron chi connectivity index (χ0n) is 13.3. The maximum atomic E-state index is 12.4. The van der Waals surface area contributed by atoms with Crippen molar-refractivity contribution < 1.29 is 13.2 Å². The summed E-state index contributed by atoms with van der Waals surface area (Å²) in [5.41, 5.74) is 1.80. The molecular weight excluding hydrogens is 288 g/mol. The van der Waals surface area contributed by atoms with Gasteiger partial charge in [-0.15, -0.1) is 0 Å². The van der Waals surface area contributed by atoms with Gasteiger partial charge in [0.05, 0.1) is 4.90 Å².